The van der Waals surface area contributed by atoms with Gasteiger partial charge in [0.1, 0.15) is 6.07 Å². The predicted molar refractivity (Wildman–Crippen MR) is 88.0 cm³/mol. The maximum atomic E-state index is 9.45. The normalized spacial score (nSPS) is 10.1. The maximum Gasteiger partial charge on any atom is 0.103 e. The van der Waals surface area contributed by atoms with Crippen molar-refractivity contribution in [2.75, 3.05) is 18.2 Å². The average molecular weight is 298 g/mol. The van der Waals surface area contributed by atoms with E-state index in [1.165, 1.54) is 0 Å². The van der Waals surface area contributed by atoms with Crippen molar-refractivity contribution in [3.05, 3.63) is 53.6 Å². The van der Waals surface area contributed by atoms with Crippen LogP contribution in [0.4, 0.5) is 11.4 Å². The van der Waals surface area contributed by atoms with Crippen molar-refractivity contribution in [1.82, 2.24) is 0 Å². The summed E-state index contributed by atoms with van der Waals surface area (Å²) in [5.41, 5.74) is 3.56. The molecular weight excluding hydrogens is 280 g/mol. The molecule has 0 aliphatic heterocycles. The van der Waals surface area contributed by atoms with Gasteiger partial charge in [0.15, 0.2) is 0 Å². The lowest BCUT2D eigenvalue weighted by Crippen LogP contribution is -1.99. The zero-order chi connectivity index (χ0) is 15.1. The molecule has 21 heavy (non-hydrogen) atoms. The van der Waals surface area contributed by atoms with Crippen LogP contribution in [-0.4, -0.2) is 12.9 Å². The van der Waals surface area contributed by atoms with Crippen LogP contribution in [0.5, 0.6) is 0 Å². The van der Waals surface area contributed by atoms with Crippen LogP contribution in [0.15, 0.2) is 47.4 Å². The van der Waals surface area contributed by atoms with Crippen LogP contribution in [0.25, 0.3) is 0 Å². The summed E-state index contributed by atoms with van der Waals surface area (Å²) in [5.74, 6) is 0.943. The standard InChI is InChI=1S/C17H18N2OS/c1-3-21-17-10-6-9-16(14(17)11-18)19-15-8-5-4-7-13(15)12-20-2/h4-10,19H,3,12H2,1-2H3. The van der Waals surface area contributed by atoms with Crippen molar-refractivity contribution in [1.29, 1.82) is 5.26 Å². The molecule has 1 N–H and O–H groups in total. The molecule has 3 nitrogen and oxygen atoms in total. The fourth-order valence-corrected chi connectivity index (χ4v) is 2.88. The molecule has 0 saturated carbocycles. The van der Waals surface area contributed by atoms with E-state index in [0.717, 1.165) is 27.6 Å². The number of methoxy groups -OCH3 is 1. The molecule has 0 spiro atoms. The van der Waals surface area contributed by atoms with E-state index in [4.69, 9.17) is 4.74 Å². The number of rotatable bonds is 6. The molecule has 2 rings (SSSR count). The first-order valence-electron chi connectivity index (χ1n) is 6.80. The van der Waals surface area contributed by atoms with Crippen LogP contribution < -0.4 is 5.32 Å². The topological polar surface area (TPSA) is 45.0 Å². The van der Waals surface area contributed by atoms with Crippen LogP contribution in [0.2, 0.25) is 0 Å². The van der Waals surface area contributed by atoms with Gasteiger partial charge in [-0.2, -0.15) is 5.26 Å². The van der Waals surface area contributed by atoms with Gasteiger partial charge in [-0.1, -0.05) is 31.2 Å². The molecule has 0 saturated heterocycles. The van der Waals surface area contributed by atoms with Gasteiger partial charge in [0.05, 0.1) is 17.9 Å². The Bertz CT molecular complexity index is 649. The first-order chi connectivity index (χ1) is 10.3. The predicted octanol–water partition coefficient (Wildman–Crippen LogP) is 4.56. The molecule has 4 heteroatoms. The third kappa shape index (κ3) is 3.78. The number of benzene rings is 2. The van der Waals surface area contributed by atoms with Gasteiger partial charge in [0.25, 0.3) is 0 Å². The minimum Gasteiger partial charge on any atom is -0.380 e. The molecular formula is C17H18N2OS. The Morgan fingerprint density at radius 3 is 2.62 bits per heavy atom. The van der Waals surface area contributed by atoms with Gasteiger partial charge in [-0.25, -0.2) is 0 Å². The molecule has 2 aromatic rings. The van der Waals surface area contributed by atoms with Crippen LogP contribution in [0.3, 0.4) is 0 Å². The number of anilines is 2. The van der Waals surface area contributed by atoms with Gasteiger partial charge in [-0.3, -0.25) is 0 Å². The average Bonchev–Trinajstić information content (AvgIpc) is 2.50. The first-order valence-corrected chi connectivity index (χ1v) is 7.78. The molecule has 108 valence electrons. The van der Waals surface area contributed by atoms with Gasteiger partial charge in [-0.15, -0.1) is 11.8 Å². The van der Waals surface area contributed by atoms with Crippen LogP contribution in [0, 0.1) is 11.3 Å². The van der Waals surface area contributed by atoms with Crippen molar-refractivity contribution < 1.29 is 4.74 Å². The number of nitriles is 1. The molecule has 0 unspecified atom stereocenters. The monoisotopic (exact) mass is 298 g/mol. The van der Waals surface area contributed by atoms with Gasteiger partial charge in [0.2, 0.25) is 0 Å². The van der Waals surface area contributed by atoms with Gasteiger partial charge >= 0.3 is 0 Å². The number of nitrogens with one attached hydrogen (secondary N) is 1. The van der Waals surface area contributed by atoms with Gasteiger partial charge in [0, 0.05) is 23.3 Å². The Balaban J connectivity index is 2.36. The number of para-hydroxylation sites is 1. The van der Waals surface area contributed by atoms with Gasteiger partial charge < -0.3 is 10.1 Å². The molecule has 0 heterocycles. The lowest BCUT2D eigenvalue weighted by molar-refractivity contribution is 0.185. The van der Waals surface area contributed by atoms with E-state index < -0.39 is 0 Å². The first kappa shape index (κ1) is 15.4. The summed E-state index contributed by atoms with van der Waals surface area (Å²) >= 11 is 1.68. The maximum absolute atomic E-state index is 9.45. The van der Waals surface area contributed by atoms with Crippen LogP contribution in [-0.2, 0) is 11.3 Å². The number of hydrogen-bond acceptors (Lipinski definition) is 4. The highest BCUT2D eigenvalue weighted by molar-refractivity contribution is 7.99. The van der Waals surface area contributed by atoms with E-state index in [9.17, 15) is 5.26 Å². The quantitative estimate of drug-likeness (QED) is 0.794. The summed E-state index contributed by atoms with van der Waals surface area (Å²) in [7, 11) is 1.68. The molecule has 0 aliphatic rings. The summed E-state index contributed by atoms with van der Waals surface area (Å²) in [5, 5.41) is 12.8. The van der Waals surface area contributed by atoms with E-state index in [1.54, 1.807) is 18.9 Å². The Morgan fingerprint density at radius 1 is 1.14 bits per heavy atom. The van der Waals surface area contributed by atoms with Crippen molar-refractivity contribution in [3.63, 3.8) is 0 Å². The van der Waals surface area contributed by atoms with Crippen molar-refractivity contribution >= 4 is 23.1 Å². The number of hydrogen-bond donors (Lipinski definition) is 1. The van der Waals surface area contributed by atoms with Crippen molar-refractivity contribution in [3.8, 4) is 6.07 Å². The fourth-order valence-electron chi connectivity index (χ4n) is 2.10. The lowest BCUT2D eigenvalue weighted by atomic mass is 10.1. The highest BCUT2D eigenvalue weighted by Gasteiger charge is 2.09. The highest BCUT2D eigenvalue weighted by Crippen LogP contribution is 2.30. The smallest absolute Gasteiger partial charge is 0.103 e. The lowest BCUT2D eigenvalue weighted by Gasteiger charge is -2.14. The Kier molecular flexibility index (Phi) is 5.68. The summed E-state index contributed by atoms with van der Waals surface area (Å²) in [6.07, 6.45) is 0. The summed E-state index contributed by atoms with van der Waals surface area (Å²) in [6.45, 7) is 2.62. The summed E-state index contributed by atoms with van der Waals surface area (Å²) in [6, 6.07) is 16.2. The molecule has 0 radical (unpaired) electrons. The zero-order valence-corrected chi connectivity index (χ0v) is 13.0. The Labute approximate surface area is 129 Å². The fraction of sp³-hybridized carbons (Fsp3) is 0.235. The molecule has 0 amide bonds. The van der Waals surface area contributed by atoms with Crippen molar-refractivity contribution in [2.24, 2.45) is 0 Å². The van der Waals surface area contributed by atoms with E-state index >= 15 is 0 Å². The molecule has 2 aromatic carbocycles. The van der Waals surface area contributed by atoms with Crippen LogP contribution in [0.1, 0.15) is 18.1 Å². The molecule has 0 aliphatic carbocycles. The zero-order valence-electron chi connectivity index (χ0n) is 12.2. The third-order valence-electron chi connectivity index (χ3n) is 3.02. The second-order valence-corrected chi connectivity index (χ2v) is 5.74. The summed E-state index contributed by atoms with van der Waals surface area (Å²) in [4.78, 5) is 1.01. The number of ether oxygens (including phenoxy) is 1. The largest absolute Gasteiger partial charge is 0.380 e. The second kappa shape index (κ2) is 7.72. The Morgan fingerprint density at radius 2 is 1.90 bits per heavy atom. The molecule has 0 aromatic heterocycles. The van der Waals surface area contributed by atoms with E-state index in [2.05, 4.69) is 18.3 Å². The number of thioether (sulfide) groups is 1. The van der Waals surface area contributed by atoms with E-state index in [1.807, 2.05) is 42.5 Å². The SMILES string of the molecule is CCSc1cccc(Nc2ccccc2COC)c1C#N. The molecule has 0 atom stereocenters. The minimum absolute atomic E-state index is 0.536. The van der Waals surface area contributed by atoms with Crippen LogP contribution >= 0.6 is 11.8 Å². The minimum atomic E-state index is 0.536. The van der Waals surface area contributed by atoms with Gasteiger partial charge in [-0.05, 0) is 24.0 Å². The Hall–Kier alpha value is -1.96. The highest BCUT2D eigenvalue weighted by atomic mass is 32.2. The van der Waals surface area contributed by atoms with E-state index in [-0.39, 0.29) is 0 Å². The molecule has 0 bridgehead atoms. The number of nitrogens with zero attached hydrogens (tertiary/aromatic N) is 1. The summed E-state index contributed by atoms with van der Waals surface area (Å²) < 4.78 is 5.22. The molecule has 0 fully saturated rings. The van der Waals surface area contributed by atoms with E-state index in [0.29, 0.717) is 12.2 Å². The third-order valence-corrected chi connectivity index (χ3v) is 3.96. The second-order valence-electron chi connectivity index (χ2n) is 4.44. The van der Waals surface area contributed by atoms with Crippen molar-refractivity contribution in [2.45, 2.75) is 18.4 Å².